The zero-order valence-corrected chi connectivity index (χ0v) is 12.4. The van der Waals surface area contributed by atoms with Crippen LogP contribution in [0.5, 0.6) is 0 Å². The molecule has 1 unspecified atom stereocenters. The zero-order valence-electron chi connectivity index (χ0n) is 10.7. The minimum absolute atomic E-state index is 0.262. The average Bonchev–Trinajstić information content (AvgIpc) is 2.42. The Hall–Kier alpha value is -0.880. The van der Waals surface area contributed by atoms with Crippen molar-refractivity contribution in [3.05, 3.63) is 29.1 Å². The number of carbonyl (C=O) groups excluding carboxylic acids is 1. The van der Waals surface area contributed by atoms with Crippen LogP contribution in [0.2, 0.25) is 0 Å². The van der Waals surface area contributed by atoms with Crippen LogP contribution in [0.4, 0.5) is 10.1 Å². The highest BCUT2D eigenvalue weighted by Gasteiger charge is 2.16. The van der Waals surface area contributed by atoms with E-state index in [0.29, 0.717) is 23.0 Å². The fourth-order valence-electron chi connectivity index (χ4n) is 1.79. The zero-order chi connectivity index (χ0) is 13.8. The van der Waals surface area contributed by atoms with Gasteiger partial charge in [0.2, 0.25) is 0 Å². The van der Waals surface area contributed by atoms with Gasteiger partial charge in [-0.25, -0.2) is 4.39 Å². The third-order valence-electron chi connectivity index (χ3n) is 3.02. The smallest absolute Gasteiger partial charge is 0.251 e. The Morgan fingerprint density at radius 1 is 1.53 bits per heavy atom. The highest BCUT2D eigenvalue weighted by Crippen LogP contribution is 2.23. The minimum Gasteiger partial charge on any atom is -0.398 e. The first-order valence-electron chi connectivity index (χ1n) is 6.11. The van der Waals surface area contributed by atoms with Crippen LogP contribution in [0.25, 0.3) is 0 Å². The van der Waals surface area contributed by atoms with Gasteiger partial charge in [0.15, 0.2) is 0 Å². The summed E-state index contributed by atoms with van der Waals surface area (Å²) >= 11 is 3.78. The van der Waals surface area contributed by atoms with Gasteiger partial charge in [-0.15, -0.1) is 0 Å². The first-order chi connectivity index (χ1) is 9.08. The van der Waals surface area contributed by atoms with Crippen molar-refractivity contribution in [3.8, 4) is 0 Å². The normalized spacial score (nSPS) is 19.2. The average molecular weight is 300 g/mol. The molecule has 1 fully saturated rings. The summed E-state index contributed by atoms with van der Waals surface area (Å²) < 4.78 is 13.5. The molecule has 1 heterocycles. The van der Waals surface area contributed by atoms with E-state index < -0.39 is 5.82 Å². The van der Waals surface area contributed by atoms with Gasteiger partial charge in [0.1, 0.15) is 5.82 Å². The Bertz CT molecular complexity index is 453. The second kappa shape index (κ2) is 6.52. The molecular formula is C13H17FN2OS2. The van der Waals surface area contributed by atoms with E-state index >= 15 is 0 Å². The summed E-state index contributed by atoms with van der Waals surface area (Å²) in [5.41, 5.74) is 6.65. The Kier molecular flexibility index (Phi) is 4.99. The molecule has 19 heavy (non-hydrogen) atoms. The molecule has 6 heteroatoms. The first kappa shape index (κ1) is 14.5. The summed E-state index contributed by atoms with van der Waals surface area (Å²) in [4.78, 5) is 12.0. The van der Waals surface area contributed by atoms with Gasteiger partial charge >= 0.3 is 0 Å². The second-order valence-corrected chi connectivity index (χ2v) is 7.01. The van der Waals surface area contributed by atoms with E-state index in [4.69, 9.17) is 5.73 Å². The van der Waals surface area contributed by atoms with Crippen LogP contribution in [0.1, 0.15) is 15.9 Å². The SMILES string of the molecule is Cc1c(N)cc(C(=O)NCC2CSCCS2)cc1F. The lowest BCUT2D eigenvalue weighted by Crippen LogP contribution is -2.33. The number of anilines is 1. The molecule has 1 aliphatic heterocycles. The van der Waals surface area contributed by atoms with E-state index in [0.717, 1.165) is 11.5 Å². The molecule has 104 valence electrons. The highest BCUT2D eigenvalue weighted by atomic mass is 32.2. The Labute approximate surface area is 120 Å². The van der Waals surface area contributed by atoms with Gasteiger partial charge in [-0.1, -0.05) is 0 Å². The fraction of sp³-hybridized carbons (Fsp3) is 0.462. The molecule has 1 amide bonds. The molecule has 2 rings (SSSR count). The third-order valence-corrected chi connectivity index (χ3v) is 5.87. The summed E-state index contributed by atoms with van der Waals surface area (Å²) in [6.45, 7) is 2.22. The number of hydrogen-bond donors (Lipinski definition) is 2. The molecule has 3 N–H and O–H groups in total. The van der Waals surface area contributed by atoms with Crippen molar-refractivity contribution in [1.29, 1.82) is 0 Å². The first-order valence-corrected chi connectivity index (χ1v) is 8.31. The lowest BCUT2D eigenvalue weighted by atomic mass is 10.1. The van der Waals surface area contributed by atoms with Crippen LogP contribution >= 0.6 is 23.5 Å². The van der Waals surface area contributed by atoms with Gasteiger partial charge in [0.25, 0.3) is 5.91 Å². The van der Waals surface area contributed by atoms with Crippen LogP contribution in [-0.2, 0) is 0 Å². The number of amides is 1. The molecule has 1 aromatic carbocycles. The molecule has 1 atom stereocenters. The molecule has 0 aromatic heterocycles. The predicted octanol–water partition coefficient (Wildman–Crippen LogP) is 2.29. The molecule has 0 spiro atoms. The third kappa shape index (κ3) is 3.79. The number of nitrogens with two attached hydrogens (primary N) is 1. The van der Waals surface area contributed by atoms with Crippen LogP contribution < -0.4 is 11.1 Å². The topological polar surface area (TPSA) is 55.1 Å². The fourth-order valence-corrected chi connectivity index (χ4v) is 4.41. The summed E-state index contributed by atoms with van der Waals surface area (Å²) in [7, 11) is 0. The van der Waals surface area contributed by atoms with Gasteiger partial charge in [-0.3, -0.25) is 4.79 Å². The van der Waals surface area contributed by atoms with Gasteiger partial charge in [-0.2, -0.15) is 23.5 Å². The van der Waals surface area contributed by atoms with Gasteiger partial charge < -0.3 is 11.1 Å². The standard InChI is InChI=1S/C13H17FN2OS2/c1-8-11(14)4-9(5-12(8)15)13(17)16-6-10-7-18-2-3-19-10/h4-5,10H,2-3,6-7,15H2,1H3,(H,16,17). The largest absolute Gasteiger partial charge is 0.398 e. The van der Waals surface area contributed by atoms with E-state index in [1.165, 1.54) is 17.9 Å². The van der Waals surface area contributed by atoms with Gasteiger partial charge in [0, 0.05) is 45.9 Å². The van der Waals surface area contributed by atoms with Crippen molar-refractivity contribution < 1.29 is 9.18 Å². The van der Waals surface area contributed by atoms with Crippen LogP contribution in [0.15, 0.2) is 12.1 Å². The van der Waals surface area contributed by atoms with E-state index in [1.807, 2.05) is 23.5 Å². The van der Waals surface area contributed by atoms with Crippen molar-refractivity contribution in [2.45, 2.75) is 12.2 Å². The maximum atomic E-state index is 13.5. The van der Waals surface area contributed by atoms with E-state index in [-0.39, 0.29) is 11.5 Å². The Balaban J connectivity index is 1.96. The number of carbonyl (C=O) groups is 1. The number of thioether (sulfide) groups is 2. The minimum atomic E-state index is -0.437. The quantitative estimate of drug-likeness (QED) is 0.841. The molecule has 1 saturated heterocycles. The van der Waals surface area contributed by atoms with Gasteiger partial charge in [-0.05, 0) is 19.1 Å². The van der Waals surface area contributed by atoms with Crippen LogP contribution in [0.3, 0.4) is 0 Å². The molecule has 1 aromatic rings. The number of hydrogen-bond acceptors (Lipinski definition) is 4. The van der Waals surface area contributed by atoms with Gasteiger partial charge in [0.05, 0.1) is 0 Å². The van der Waals surface area contributed by atoms with Crippen LogP contribution in [0, 0.1) is 12.7 Å². The number of halogens is 1. The van der Waals surface area contributed by atoms with E-state index in [9.17, 15) is 9.18 Å². The molecule has 3 nitrogen and oxygen atoms in total. The molecular weight excluding hydrogens is 283 g/mol. The lowest BCUT2D eigenvalue weighted by Gasteiger charge is -2.21. The number of nitrogens with one attached hydrogen (secondary N) is 1. The number of rotatable bonds is 3. The predicted molar refractivity (Wildman–Crippen MR) is 81.5 cm³/mol. The van der Waals surface area contributed by atoms with E-state index in [2.05, 4.69) is 5.32 Å². The number of benzene rings is 1. The number of nitrogen functional groups attached to an aromatic ring is 1. The molecule has 0 radical (unpaired) electrons. The Morgan fingerprint density at radius 2 is 2.32 bits per heavy atom. The summed E-state index contributed by atoms with van der Waals surface area (Å²) in [5, 5.41) is 3.29. The highest BCUT2D eigenvalue weighted by molar-refractivity contribution is 8.06. The monoisotopic (exact) mass is 300 g/mol. The van der Waals surface area contributed by atoms with Crippen molar-refractivity contribution in [2.24, 2.45) is 0 Å². The van der Waals surface area contributed by atoms with Crippen molar-refractivity contribution in [2.75, 3.05) is 29.5 Å². The molecule has 0 saturated carbocycles. The molecule has 0 aliphatic carbocycles. The van der Waals surface area contributed by atoms with Crippen molar-refractivity contribution >= 4 is 35.1 Å². The maximum absolute atomic E-state index is 13.5. The van der Waals surface area contributed by atoms with Crippen LogP contribution in [-0.4, -0.2) is 35.0 Å². The molecule has 0 bridgehead atoms. The van der Waals surface area contributed by atoms with Crippen molar-refractivity contribution in [3.63, 3.8) is 0 Å². The second-order valence-electron chi connectivity index (χ2n) is 4.45. The Morgan fingerprint density at radius 3 is 2.95 bits per heavy atom. The summed E-state index contributed by atoms with van der Waals surface area (Å²) in [5.74, 6) is 2.65. The molecule has 1 aliphatic rings. The van der Waals surface area contributed by atoms with Crippen molar-refractivity contribution in [1.82, 2.24) is 5.32 Å². The summed E-state index contributed by atoms with van der Waals surface area (Å²) in [6.07, 6.45) is 0. The lowest BCUT2D eigenvalue weighted by molar-refractivity contribution is 0.0954. The van der Waals surface area contributed by atoms with E-state index in [1.54, 1.807) is 6.92 Å². The summed E-state index contributed by atoms with van der Waals surface area (Å²) in [6, 6.07) is 2.76. The maximum Gasteiger partial charge on any atom is 0.251 e.